The van der Waals surface area contributed by atoms with Crippen LogP contribution in [0, 0.1) is 5.92 Å². The fraction of sp³-hybridized carbons (Fsp3) is 0.625. The van der Waals surface area contributed by atoms with Gasteiger partial charge in [0.1, 0.15) is 11.4 Å². The Hall–Kier alpha value is -2.03. The van der Waals surface area contributed by atoms with Crippen LogP contribution in [0.1, 0.15) is 35.8 Å². The van der Waals surface area contributed by atoms with Crippen LogP contribution in [0.25, 0.3) is 10.4 Å². The second-order valence-electron chi connectivity index (χ2n) is 6.95. The van der Waals surface area contributed by atoms with E-state index in [1.54, 1.807) is 18.0 Å². The number of hydrogen-bond donors (Lipinski definition) is 1. The van der Waals surface area contributed by atoms with Crippen LogP contribution < -0.4 is 5.32 Å². The van der Waals surface area contributed by atoms with Gasteiger partial charge >= 0.3 is 0 Å². The van der Waals surface area contributed by atoms with Gasteiger partial charge in [-0.3, -0.25) is 9.59 Å². The van der Waals surface area contributed by atoms with Crippen LogP contribution >= 0.6 is 15.9 Å². The maximum Gasteiger partial charge on any atom is 0.268 e. The van der Waals surface area contributed by atoms with Crippen molar-refractivity contribution in [1.29, 1.82) is 0 Å². The molecule has 0 bridgehead atoms. The number of carbonyl (C=O) groups excluding carboxylic acids is 2. The first-order valence-corrected chi connectivity index (χ1v) is 9.38. The molecule has 1 aromatic rings. The van der Waals surface area contributed by atoms with E-state index in [-0.39, 0.29) is 29.8 Å². The second kappa shape index (κ2) is 6.29. The average molecular weight is 423 g/mol. The lowest BCUT2D eigenvalue weighted by Gasteiger charge is -2.36. The molecule has 2 aliphatic heterocycles. The highest BCUT2D eigenvalue weighted by molar-refractivity contribution is 9.10. The lowest BCUT2D eigenvalue weighted by Crippen LogP contribution is -2.51. The Kier molecular flexibility index (Phi) is 4.21. The molecule has 2 amide bonds. The van der Waals surface area contributed by atoms with E-state index in [2.05, 4.69) is 31.3 Å². The Labute approximate surface area is 158 Å². The fourth-order valence-corrected chi connectivity index (χ4v) is 5.23. The van der Waals surface area contributed by atoms with Crippen molar-refractivity contribution in [3.63, 3.8) is 0 Å². The molecule has 4 rings (SSSR count). The van der Waals surface area contributed by atoms with Gasteiger partial charge in [-0.25, -0.2) is 0 Å². The zero-order valence-corrected chi connectivity index (χ0v) is 15.8. The van der Waals surface area contributed by atoms with Crippen LogP contribution in [0.4, 0.5) is 0 Å². The summed E-state index contributed by atoms with van der Waals surface area (Å²) in [5.41, 5.74) is 8.25. The molecule has 0 unspecified atom stereocenters. The second-order valence-corrected chi connectivity index (χ2v) is 7.76. The van der Waals surface area contributed by atoms with Crippen molar-refractivity contribution < 1.29 is 14.3 Å². The van der Waals surface area contributed by atoms with Gasteiger partial charge in [0.05, 0.1) is 16.7 Å². The molecule has 0 aromatic carbocycles. The summed E-state index contributed by atoms with van der Waals surface area (Å²) in [5.74, 6) is -0.218. The van der Waals surface area contributed by atoms with Gasteiger partial charge < -0.3 is 19.5 Å². The zero-order chi connectivity index (χ0) is 18.5. The van der Waals surface area contributed by atoms with Crippen LogP contribution in [0.3, 0.4) is 0 Å². The summed E-state index contributed by atoms with van der Waals surface area (Å²) in [6, 6.07) is 3.52. The summed E-state index contributed by atoms with van der Waals surface area (Å²) >= 11 is 3.54. The van der Waals surface area contributed by atoms with Crippen LogP contribution in [0.5, 0.6) is 0 Å². The van der Waals surface area contributed by atoms with Crippen LogP contribution in [-0.4, -0.2) is 53.2 Å². The molecule has 4 atom stereocenters. The van der Waals surface area contributed by atoms with Gasteiger partial charge in [-0.15, -0.1) is 0 Å². The molecule has 3 aliphatic rings. The smallest absolute Gasteiger partial charge is 0.268 e. The highest BCUT2D eigenvalue weighted by Gasteiger charge is 2.64. The van der Waals surface area contributed by atoms with Crippen molar-refractivity contribution in [2.45, 2.75) is 37.1 Å². The third kappa shape index (κ3) is 2.36. The van der Waals surface area contributed by atoms with E-state index in [1.165, 1.54) is 0 Å². The Morgan fingerprint density at radius 1 is 1.50 bits per heavy atom. The minimum atomic E-state index is -0.749. The predicted octanol–water partition coefficient (Wildman–Crippen LogP) is 2.20. The first-order chi connectivity index (χ1) is 12.5. The van der Waals surface area contributed by atoms with Gasteiger partial charge in [0, 0.05) is 43.9 Å². The lowest BCUT2D eigenvalue weighted by atomic mass is 9.95. The Balaban J connectivity index is 1.65. The van der Waals surface area contributed by atoms with Crippen LogP contribution in [-0.2, 0) is 9.53 Å². The number of carbonyl (C=O) groups is 2. The summed E-state index contributed by atoms with van der Waals surface area (Å²) < 4.78 is 9.10. The van der Waals surface area contributed by atoms with Crippen molar-refractivity contribution in [2.24, 2.45) is 11.0 Å². The number of fused-ring (bicyclic) bond motifs is 5. The first kappa shape index (κ1) is 17.4. The number of ether oxygens (including phenoxy) is 1. The molecule has 26 heavy (non-hydrogen) atoms. The molecule has 1 N–H and O–H groups in total. The third-order valence-electron chi connectivity index (χ3n) is 5.81. The number of aromatic nitrogens is 1. The van der Waals surface area contributed by atoms with Crippen molar-refractivity contribution in [2.75, 3.05) is 20.2 Å². The van der Waals surface area contributed by atoms with Crippen molar-refractivity contribution in [1.82, 2.24) is 14.8 Å². The first-order valence-electron chi connectivity index (χ1n) is 8.58. The quantitative estimate of drug-likeness (QED) is 0.339. The molecular weight excluding hydrogens is 404 g/mol. The van der Waals surface area contributed by atoms with Crippen molar-refractivity contribution >= 4 is 27.7 Å². The minimum Gasteiger partial charge on any atom is -0.355 e. The third-order valence-corrected chi connectivity index (χ3v) is 6.46. The molecule has 1 saturated heterocycles. The molecule has 0 radical (unpaired) electrons. The summed E-state index contributed by atoms with van der Waals surface area (Å²) in [6.45, 7) is 0.742. The van der Waals surface area contributed by atoms with Crippen molar-refractivity contribution in [3.05, 3.63) is 32.9 Å². The maximum absolute atomic E-state index is 12.5. The number of amides is 2. The Morgan fingerprint density at radius 3 is 3.08 bits per heavy atom. The normalized spacial score (nSPS) is 31.9. The van der Waals surface area contributed by atoms with Gasteiger partial charge in [-0.2, -0.15) is 0 Å². The highest BCUT2D eigenvalue weighted by Crippen LogP contribution is 2.54. The summed E-state index contributed by atoms with van der Waals surface area (Å²) in [4.78, 5) is 29.3. The number of likely N-dealkylation sites (tertiary alicyclic amines) is 1. The molecule has 0 spiro atoms. The summed E-state index contributed by atoms with van der Waals surface area (Å²) in [7, 11) is 1.76. The number of halogens is 1. The van der Waals surface area contributed by atoms with Crippen molar-refractivity contribution in [3.8, 4) is 0 Å². The minimum absolute atomic E-state index is 0.0183. The molecule has 1 saturated carbocycles. The maximum atomic E-state index is 12.5. The van der Waals surface area contributed by atoms with E-state index in [4.69, 9.17) is 10.3 Å². The van der Waals surface area contributed by atoms with E-state index in [0.717, 1.165) is 4.60 Å². The number of nitrogens with zero attached hydrogens (tertiary/aromatic N) is 5. The van der Waals surface area contributed by atoms with Gasteiger partial charge in [0.15, 0.2) is 0 Å². The Morgan fingerprint density at radius 2 is 2.31 bits per heavy atom. The molecule has 2 fully saturated rings. The highest BCUT2D eigenvalue weighted by atomic mass is 79.9. The number of rotatable bonds is 5. The monoisotopic (exact) mass is 422 g/mol. The molecular formula is C16H19BrN6O3. The molecule has 3 heterocycles. The summed E-state index contributed by atoms with van der Waals surface area (Å²) in [6.07, 6.45) is 1.54. The summed E-state index contributed by atoms with van der Waals surface area (Å²) in [5, 5.41) is 6.61. The number of azide groups is 1. The average Bonchev–Trinajstić information content (AvgIpc) is 3.21. The van der Waals surface area contributed by atoms with Gasteiger partial charge in [-0.05, 0) is 40.0 Å². The molecule has 1 aliphatic carbocycles. The standard InChI is InChI=1S/C16H19BrN6O3/c1-22-13(24)7-9-14-11(8-16(9,22)26-6-2-5-19-21-18)23-10(15(25)20-14)3-4-12(23)17/h3-4,9,11,14H,2,5-8H2,1H3,(H,20,25)/t9-,11+,14-,16-/m0/s1. The van der Waals surface area contributed by atoms with Crippen LogP contribution in [0.2, 0.25) is 0 Å². The van der Waals surface area contributed by atoms with Crippen LogP contribution in [0.15, 0.2) is 21.9 Å². The van der Waals surface area contributed by atoms with E-state index in [9.17, 15) is 9.59 Å². The SMILES string of the molecule is CN1C(=O)C[C@H]2[C@@H]3NC(=O)c4ccc(Br)n4[C@@H]3C[C@]21OCCCN=[N+]=[N-]. The van der Waals surface area contributed by atoms with Gasteiger partial charge in [0.2, 0.25) is 5.91 Å². The van der Waals surface area contributed by atoms with Gasteiger partial charge in [0.25, 0.3) is 5.91 Å². The molecule has 10 heteroatoms. The Bertz CT molecular complexity index is 819. The largest absolute Gasteiger partial charge is 0.355 e. The lowest BCUT2D eigenvalue weighted by molar-refractivity contribution is -0.161. The van der Waals surface area contributed by atoms with E-state index < -0.39 is 5.72 Å². The van der Waals surface area contributed by atoms with Gasteiger partial charge in [-0.1, -0.05) is 5.11 Å². The predicted molar refractivity (Wildman–Crippen MR) is 95.2 cm³/mol. The fourth-order valence-electron chi connectivity index (χ4n) is 4.65. The zero-order valence-electron chi connectivity index (χ0n) is 14.3. The van der Waals surface area contributed by atoms with E-state index in [1.807, 2.05) is 10.6 Å². The molecule has 9 nitrogen and oxygen atoms in total. The topological polar surface area (TPSA) is 112 Å². The molecule has 138 valence electrons. The molecule has 1 aromatic heterocycles. The van der Waals surface area contributed by atoms with E-state index in [0.29, 0.717) is 38.1 Å². The van der Waals surface area contributed by atoms with E-state index >= 15 is 0 Å². The number of nitrogens with one attached hydrogen (secondary N) is 1. The number of hydrogen-bond acceptors (Lipinski definition) is 4.